The number of aliphatic hydroxyl groups is 2. The third kappa shape index (κ3) is 3.02. The molecule has 6 nitrogen and oxygen atoms in total. The molecule has 1 aromatic heterocycles. The maximum atomic E-state index is 10.3. The van der Waals surface area contributed by atoms with Crippen LogP contribution in [-0.4, -0.2) is 32.4 Å². The van der Waals surface area contributed by atoms with Crippen LogP contribution < -0.4 is 0 Å². The molecule has 1 aromatic rings. The topological polar surface area (TPSA) is 114 Å². The van der Waals surface area contributed by atoms with Crippen LogP contribution in [0, 0.1) is 11.3 Å². The highest BCUT2D eigenvalue weighted by Gasteiger charge is 2.22. The van der Waals surface area contributed by atoms with Gasteiger partial charge in [0, 0.05) is 6.20 Å². The lowest BCUT2D eigenvalue weighted by Crippen LogP contribution is -2.22. The fraction of sp³-hybridized carbons (Fsp3) is 0.300. The highest BCUT2D eigenvalue weighted by atomic mass is 16.4. The Morgan fingerprint density at radius 2 is 2.25 bits per heavy atom. The van der Waals surface area contributed by atoms with E-state index >= 15 is 0 Å². The minimum atomic E-state index is -1.45. The van der Waals surface area contributed by atoms with Crippen molar-refractivity contribution < 1.29 is 20.1 Å². The molecule has 6 heteroatoms. The van der Waals surface area contributed by atoms with E-state index in [2.05, 4.69) is 4.98 Å². The smallest absolute Gasteiger partial charge is 0.306 e. The number of hydrogen-bond acceptors (Lipinski definition) is 5. The van der Waals surface area contributed by atoms with Gasteiger partial charge in [-0.05, 0) is 12.1 Å². The number of carboxylic acid groups (broad SMARTS) is 1. The zero-order valence-corrected chi connectivity index (χ0v) is 8.24. The zero-order chi connectivity index (χ0) is 12.1. The molecule has 0 fully saturated rings. The Morgan fingerprint density at radius 1 is 1.56 bits per heavy atom. The van der Waals surface area contributed by atoms with E-state index in [1.807, 2.05) is 6.07 Å². The number of nitrogens with zero attached hydrogens (tertiary/aromatic N) is 2. The zero-order valence-electron chi connectivity index (χ0n) is 8.24. The first-order valence-corrected chi connectivity index (χ1v) is 4.48. The second-order valence-corrected chi connectivity index (χ2v) is 3.19. The van der Waals surface area contributed by atoms with Crippen LogP contribution >= 0.6 is 0 Å². The Labute approximate surface area is 91.4 Å². The van der Waals surface area contributed by atoms with Gasteiger partial charge in [0.15, 0.2) is 0 Å². The molecule has 0 amide bonds. The molecule has 0 spiro atoms. The van der Waals surface area contributed by atoms with E-state index in [4.69, 9.17) is 10.4 Å². The van der Waals surface area contributed by atoms with Crippen molar-refractivity contribution in [2.75, 3.05) is 0 Å². The number of pyridine rings is 1. The van der Waals surface area contributed by atoms with Crippen molar-refractivity contribution in [3.63, 3.8) is 0 Å². The van der Waals surface area contributed by atoms with Gasteiger partial charge in [-0.15, -0.1) is 0 Å². The summed E-state index contributed by atoms with van der Waals surface area (Å²) in [6.07, 6.45) is -2.13. The molecule has 16 heavy (non-hydrogen) atoms. The summed E-state index contributed by atoms with van der Waals surface area (Å²) in [7, 11) is 0. The standard InChI is InChI=1S/C10H10N2O4/c11-5-6-1-2-12-7(3-6)10(16)8(13)4-9(14)15/h1-3,8,10,13,16H,4H2,(H,14,15). The van der Waals surface area contributed by atoms with Gasteiger partial charge in [0.05, 0.1) is 29.9 Å². The summed E-state index contributed by atoms with van der Waals surface area (Å²) in [5.74, 6) is -1.22. The van der Waals surface area contributed by atoms with Crippen LogP contribution in [0.15, 0.2) is 18.3 Å². The van der Waals surface area contributed by atoms with Crippen molar-refractivity contribution in [1.82, 2.24) is 4.98 Å². The number of aromatic nitrogens is 1. The first-order chi connectivity index (χ1) is 7.54. The van der Waals surface area contributed by atoms with Gasteiger partial charge in [0.2, 0.25) is 0 Å². The SMILES string of the molecule is N#Cc1ccnc(C(O)C(O)CC(=O)O)c1. The summed E-state index contributed by atoms with van der Waals surface area (Å²) in [5, 5.41) is 36.0. The summed E-state index contributed by atoms with van der Waals surface area (Å²) in [5.41, 5.74) is 0.361. The molecule has 2 atom stereocenters. The molecular weight excluding hydrogens is 212 g/mol. The second-order valence-electron chi connectivity index (χ2n) is 3.19. The molecule has 0 aliphatic carbocycles. The van der Waals surface area contributed by atoms with Gasteiger partial charge in [-0.1, -0.05) is 0 Å². The molecule has 2 unspecified atom stereocenters. The van der Waals surface area contributed by atoms with E-state index in [0.29, 0.717) is 0 Å². The molecule has 3 N–H and O–H groups in total. The van der Waals surface area contributed by atoms with Crippen LogP contribution in [0.1, 0.15) is 23.8 Å². The number of carbonyl (C=O) groups is 1. The largest absolute Gasteiger partial charge is 0.481 e. The second kappa shape index (κ2) is 5.21. The lowest BCUT2D eigenvalue weighted by atomic mass is 10.1. The van der Waals surface area contributed by atoms with E-state index in [9.17, 15) is 15.0 Å². The van der Waals surface area contributed by atoms with Crippen LogP contribution in [-0.2, 0) is 4.79 Å². The third-order valence-corrected chi connectivity index (χ3v) is 1.96. The lowest BCUT2D eigenvalue weighted by Gasteiger charge is -2.15. The van der Waals surface area contributed by atoms with Gasteiger partial charge in [0.1, 0.15) is 6.10 Å². The van der Waals surface area contributed by atoms with Crippen LogP contribution in [0.4, 0.5) is 0 Å². The molecule has 0 saturated heterocycles. The maximum Gasteiger partial charge on any atom is 0.306 e. The van der Waals surface area contributed by atoms with Gasteiger partial charge >= 0.3 is 5.97 Å². The Kier molecular flexibility index (Phi) is 3.94. The fourth-order valence-corrected chi connectivity index (χ4v) is 1.17. The van der Waals surface area contributed by atoms with Crippen LogP contribution in [0.5, 0.6) is 0 Å². The Hall–Kier alpha value is -1.97. The molecule has 0 bridgehead atoms. The van der Waals surface area contributed by atoms with Crippen molar-refractivity contribution >= 4 is 5.97 Å². The number of carboxylic acids is 1. The van der Waals surface area contributed by atoms with Crippen LogP contribution in [0.2, 0.25) is 0 Å². The number of rotatable bonds is 4. The summed E-state index contributed by atoms with van der Waals surface area (Å²) in [4.78, 5) is 14.1. The van der Waals surface area contributed by atoms with Gasteiger partial charge in [-0.2, -0.15) is 5.26 Å². The van der Waals surface area contributed by atoms with E-state index in [-0.39, 0.29) is 11.3 Å². The fourth-order valence-electron chi connectivity index (χ4n) is 1.17. The average Bonchev–Trinajstić information content (AvgIpc) is 2.27. The summed E-state index contributed by atoms with van der Waals surface area (Å²) in [6, 6.07) is 4.60. The van der Waals surface area contributed by atoms with Crippen molar-refractivity contribution in [3.8, 4) is 6.07 Å². The first kappa shape index (κ1) is 12.1. The van der Waals surface area contributed by atoms with Crippen molar-refractivity contribution in [2.24, 2.45) is 0 Å². The third-order valence-electron chi connectivity index (χ3n) is 1.96. The molecule has 0 aliphatic heterocycles. The van der Waals surface area contributed by atoms with Gasteiger partial charge in [0.25, 0.3) is 0 Å². The molecule has 84 valence electrons. The monoisotopic (exact) mass is 222 g/mol. The predicted octanol–water partition coefficient (Wildman–Crippen LogP) is -0.178. The first-order valence-electron chi connectivity index (χ1n) is 4.48. The van der Waals surface area contributed by atoms with E-state index < -0.39 is 24.6 Å². The highest BCUT2D eigenvalue weighted by molar-refractivity contribution is 5.67. The minimum absolute atomic E-state index is 0.0767. The number of hydrogen-bond donors (Lipinski definition) is 3. The Balaban J connectivity index is 2.83. The number of aliphatic carboxylic acids is 1. The molecular formula is C10H10N2O4. The molecule has 1 rings (SSSR count). The molecule has 0 saturated carbocycles. The van der Waals surface area contributed by atoms with Crippen molar-refractivity contribution in [1.29, 1.82) is 5.26 Å². The van der Waals surface area contributed by atoms with E-state index in [1.54, 1.807) is 0 Å². The molecule has 0 aromatic carbocycles. The van der Waals surface area contributed by atoms with Crippen molar-refractivity contribution in [2.45, 2.75) is 18.6 Å². The molecule has 0 aliphatic rings. The highest BCUT2D eigenvalue weighted by Crippen LogP contribution is 2.17. The van der Waals surface area contributed by atoms with E-state index in [1.165, 1.54) is 18.3 Å². The maximum absolute atomic E-state index is 10.3. The molecule has 1 heterocycles. The predicted molar refractivity (Wildman–Crippen MR) is 52.2 cm³/mol. The minimum Gasteiger partial charge on any atom is -0.481 e. The summed E-state index contributed by atoms with van der Waals surface area (Å²) >= 11 is 0. The van der Waals surface area contributed by atoms with Gasteiger partial charge < -0.3 is 15.3 Å². The molecule has 0 radical (unpaired) electrons. The van der Waals surface area contributed by atoms with Gasteiger partial charge in [-0.25, -0.2) is 0 Å². The normalized spacial score (nSPS) is 13.8. The average molecular weight is 222 g/mol. The lowest BCUT2D eigenvalue weighted by molar-refractivity contribution is -0.141. The quantitative estimate of drug-likeness (QED) is 0.651. The van der Waals surface area contributed by atoms with Crippen molar-refractivity contribution in [3.05, 3.63) is 29.6 Å². The Bertz CT molecular complexity index is 427. The Morgan fingerprint density at radius 3 is 2.81 bits per heavy atom. The van der Waals surface area contributed by atoms with Crippen LogP contribution in [0.25, 0.3) is 0 Å². The summed E-state index contributed by atoms with van der Waals surface area (Å²) < 4.78 is 0. The number of aliphatic hydroxyl groups excluding tert-OH is 2. The number of nitriles is 1. The summed E-state index contributed by atoms with van der Waals surface area (Å²) in [6.45, 7) is 0. The van der Waals surface area contributed by atoms with Gasteiger partial charge in [-0.3, -0.25) is 9.78 Å². The van der Waals surface area contributed by atoms with E-state index in [0.717, 1.165) is 0 Å². The van der Waals surface area contributed by atoms with Crippen LogP contribution in [0.3, 0.4) is 0 Å².